The van der Waals surface area contributed by atoms with Gasteiger partial charge in [-0.25, -0.2) is 0 Å². The van der Waals surface area contributed by atoms with E-state index in [0.717, 1.165) is 23.1 Å². The van der Waals surface area contributed by atoms with Crippen molar-refractivity contribution in [3.63, 3.8) is 0 Å². The molecule has 0 aliphatic heterocycles. The van der Waals surface area contributed by atoms with Gasteiger partial charge in [0, 0.05) is 16.4 Å². The predicted octanol–water partition coefficient (Wildman–Crippen LogP) is 6.87. The second-order valence-electron chi connectivity index (χ2n) is 9.29. The Kier molecular flexibility index (Phi) is 5.39. The molecule has 0 bridgehead atoms. The number of hydrogen-bond acceptors (Lipinski definition) is 3. The van der Waals surface area contributed by atoms with E-state index in [1.807, 2.05) is 19.1 Å². The van der Waals surface area contributed by atoms with Gasteiger partial charge in [0.05, 0.1) is 5.76 Å². The van der Waals surface area contributed by atoms with Crippen LogP contribution in [0.2, 0.25) is 0 Å². The first kappa shape index (κ1) is 20.0. The Hall–Kier alpha value is -1.35. The molecule has 0 spiro atoms. The van der Waals surface area contributed by atoms with Crippen LogP contribution in [0.1, 0.15) is 66.0 Å². The second kappa shape index (κ2) is 6.75. The van der Waals surface area contributed by atoms with E-state index in [-0.39, 0.29) is 16.7 Å². The summed E-state index contributed by atoms with van der Waals surface area (Å²) in [6.45, 7) is 17.0. The van der Waals surface area contributed by atoms with Crippen molar-refractivity contribution in [2.75, 3.05) is 0 Å². The van der Waals surface area contributed by atoms with E-state index >= 15 is 0 Å². The van der Waals surface area contributed by atoms with Gasteiger partial charge < -0.3 is 10.2 Å². The van der Waals surface area contributed by atoms with Gasteiger partial charge in [0.25, 0.3) is 0 Å². The van der Waals surface area contributed by atoms with E-state index in [1.165, 1.54) is 9.80 Å². The predicted molar refractivity (Wildman–Crippen MR) is 108 cm³/mol. The number of phenols is 1. The summed E-state index contributed by atoms with van der Waals surface area (Å²) in [6.07, 6.45) is 2.77. The third-order valence-electron chi connectivity index (χ3n) is 4.93. The molecule has 0 amide bonds. The summed E-state index contributed by atoms with van der Waals surface area (Å²) in [5.41, 5.74) is 3.11. The molecule has 0 fully saturated rings. The Morgan fingerprint density at radius 2 is 1.60 bits per heavy atom. The van der Waals surface area contributed by atoms with Crippen molar-refractivity contribution in [2.24, 2.45) is 11.3 Å². The van der Waals surface area contributed by atoms with E-state index in [4.69, 9.17) is 0 Å². The van der Waals surface area contributed by atoms with Crippen molar-refractivity contribution in [1.29, 1.82) is 0 Å². The molecule has 1 atom stereocenters. The first-order valence-electron chi connectivity index (χ1n) is 8.93. The molecule has 138 valence electrons. The van der Waals surface area contributed by atoms with Crippen LogP contribution in [0.3, 0.4) is 0 Å². The van der Waals surface area contributed by atoms with Crippen molar-refractivity contribution < 1.29 is 10.2 Å². The monoisotopic (exact) mass is 360 g/mol. The van der Waals surface area contributed by atoms with Gasteiger partial charge in [-0.15, -0.1) is 0 Å². The van der Waals surface area contributed by atoms with Gasteiger partial charge in [-0.05, 0) is 65.3 Å². The average molecular weight is 361 g/mol. The van der Waals surface area contributed by atoms with Crippen LogP contribution in [0.25, 0.3) is 0 Å². The first-order chi connectivity index (χ1) is 11.3. The van der Waals surface area contributed by atoms with E-state index in [2.05, 4.69) is 54.5 Å². The van der Waals surface area contributed by atoms with Crippen LogP contribution < -0.4 is 0 Å². The highest BCUT2D eigenvalue weighted by Crippen LogP contribution is 2.46. The molecular formula is C22H32O2S. The standard InChI is InChI=1S/C22H32O2S/c1-13-9-17(23)15(21(3,4)5)11-19(13)25-20-12-16(22(6,7)8)18(24)10-14(20)2/h9-11,16,23-24H,12H2,1-8H3. The van der Waals surface area contributed by atoms with Gasteiger partial charge >= 0.3 is 0 Å². The minimum absolute atomic E-state index is 0.0215. The van der Waals surface area contributed by atoms with Crippen molar-refractivity contribution in [3.05, 3.63) is 45.6 Å². The van der Waals surface area contributed by atoms with Crippen molar-refractivity contribution in [3.8, 4) is 5.75 Å². The lowest BCUT2D eigenvalue weighted by molar-refractivity contribution is 0.199. The van der Waals surface area contributed by atoms with E-state index < -0.39 is 0 Å². The van der Waals surface area contributed by atoms with E-state index in [9.17, 15) is 10.2 Å². The summed E-state index contributed by atoms with van der Waals surface area (Å²) >= 11 is 1.77. The zero-order valence-corrected chi connectivity index (χ0v) is 17.6. The summed E-state index contributed by atoms with van der Waals surface area (Å²) in [5.74, 6) is 0.999. The summed E-state index contributed by atoms with van der Waals surface area (Å²) in [7, 11) is 0. The summed E-state index contributed by atoms with van der Waals surface area (Å²) in [5, 5.41) is 20.7. The maximum absolute atomic E-state index is 10.4. The smallest absolute Gasteiger partial charge is 0.119 e. The summed E-state index contributed by atoms with van der Waals surface area (Å²) in [6, 6.07) is 4.00. The fraction of sp³-hybridized carbons (Fsp3) is 0.545. The third-order valence-corrected chi connectivity index (χ3v) is 6.33. The topological polar surface area (TPSA) is 40.5 Å². The van der Waals surface area contributed by atoms with Crippen molar-refractivity contribution in [2.45, 2.75) is 72.1 Å². The SMILES string of the molecule is CC1=C(Sc2cc(C(C)(C)C)c(O)cc2C)CC(C(C)(C)C)C(O)=C1. The van der Waals surface area contributed by atoms with Gasteiger partial charge in [-0.3, -0.25) is 0 Å². The van der Waals surface area contributed by atoms with Crippen molar-refractivity contribution in [1.82, 2.24) is 0 Å². The third kappa shape index (κ3) is 4.44. The largest absolute Gasteiger partial charge is 0.512 e. The zero-order valence-electron chi connectivity index (χ0n) is 16.8. The van der Waals surface area contributed by atoms with E-state index in [1.54, 1.807) is 11.8 Å². The highest BCUT2D eigenvalue weighted by Gasteiger charge is 2.32. The zero-order chi connectivity index (χ0) is 19.2. The molecule has 1 aromatic carbocycles. The Bertz CT molecular complexity index is 728. The number of aliphatic hydroxyl groups is 1. The van der Waals surface area contributed by atoms with Gasteiger partial charge in [-0.1, -0.05) is 53.3 Å². The van der Waals surface area contributed by atoms with Gasteiger partial charge in [0.2, 0.25) is 0 Å². The molecule has 2 nitrogen and oxygen atoms in total. The van der Waals surface area contributed by atoms with Gasteiger partial charge in [0.15, 0.2) is 0 Å². The number of allylic oxidation sites excluding steroid dienone is 4. The van der Waals surface area contributed by atoms with Crippen LogP contribution in [-0.4, -0.2) is 10.2 Å². The normalized spacial score (nSPS) is 19.2. The molecule has 2 N–H and O–H groups in total. The Labute approximate surface area is 157 Å². The average Bonchev–Trinajstić information content (AvgIpc) is 2.41. The molecule has 1 aliphatic carbocycles. The molecule has 0 saturated heterocycles. The number of aryl methyl sites for hydroxylation is 1. The number of thioether (sulfide) groups is 1. The van der Waals surface area contributed by atoms with Crippen LogP contribution in [0.4, 0.5) is 0 Å². The Balaban J connectivity index is 2.41. The van der Waals surface area contributed by atoms with Crippen LogP contribution in [0.15, 0.2) is 39.3 Å². The molecule has 0 aromatic heterocycles. The lowest BCUT2D eigenvalue weighted by Crippen LogP contribution is -2.25. The lowest BCUT2D eigenvalue weighted by Gasteiger charge is -2.34. The van der Waals surface area contributed by atoms with Crippen LogP contribution in [0.5, 0.6) is 5.75 Å². The van der Waals surface area contributed by atoms with Crippen molar-refractivity contribution >= 4 is 11.8 Å². The Morgan fingerprint density at radius 3 is 2.12 bits per heavy atom. The summed E-state index contributed by atoms with van der Waals surface area (Å²) < 4.78 is 0. The number of hydrogen-bond donors (Lipinski definition) is 2. The number of benzene rings is 1. The maximum Gasteiger partial charge on any atom is 0.119 e. The van der Waals surface area contributed by atoms with Gasteiger partial charge in [0.1, 0.15) is 5.75 Å². The molecule has 0 saturated carbocycles. The number of aromatic hydroxyl groups is 1. The molecule has 1 aromatic rings. The fourth-order valence-electron chi connectivity index (χ4n) is 3.24. The second-order valence-corrected chi connectivity index (χ2v) is 10.4. The number of aliphatic hydroxyl groups excluding tert-OH is 1. The molecule has 25 heavy (non-hydrogen) atoms. The van der Waals surface area contributed by atoms with E-state index in [0.29, 0.717) is 11.5 Å². The van der Waals surface area contributed by atoms with Crippen LogP contribution in [-0.2, 0) is 5.41 Å². The lowest BCUT2D eigenvalue weighted by atomic mass is 9.75. The quantitative estimate of drug-likeness (QED) is 0.604. The summed E-state index contributed by atoms with van der Waals surface area (Å²) in [4.78, 5) is 2.48. The van der Waals surface area contributed by atoms with Gasteiger partial charge in [-0.2, -0.15) is 0 Å². The molecule has 3 heteroatoms. The fourth-order valence-corrected chi connectivity index (χ4v) is 4.37. The molecule has 0 heterocycles. The molecule has 1 unspecified atom stereocenters. The molecule has 2 rings (SSSR count). The molecule has 0 radical (unpaired) electrons. The minimum atomic E-state index is -0.102. The van der Waals surface area contributed by atoms with Crippen LogP contribution >= 0.6 is 11.8 Å². The Morgan fingerprint density at radius 1 is 1.00 bits per heavy atom. The highest BCUT2D eigenvalue weighted by atomic mass is 32.2. The van der Waals surface area contributed by atoms with Crippen LogP contribution in [0, 0.1) is 18.3 Å². The number of phenolic OH excluding ortho intramolecular Hbond substituents is 1. The minimum Gasteiger partial charge on any atom is -0.512 e. The highest BCUT2D eigenvalue weighted by molar-refractivity contribution is 8.03. The molecule has 1 aliphatic rings. The molecular weight excluding hydrogens is 328 g/mol. The maximum atomic E-state index is 10.4. The number of rotatable bonds is 2. The first-order valence-corrected chi connectivity index (χ1v) is 9.74.